The van der Waals surface area contributed by atoms with E-state index in [2.05, 4.69) is 45.9 Å². The molecule has 3 heteroatoms. The van der Waals surface area contributed by atoms with Crippen molar-refractivity contribution in [1.29, 1.82) is 0 Å². The van der Waals surface area contributed by atoms with E-state index in [1.165, 1.54) is 11.1 Å². The highest BCUT2D eigenvalue weighted by atomic mass is 16.2. The van der Waals surface area contributed by atoms with Crippen molar-refractivity contribution >= 4 is 5.91 Å². The van der Waals surface area contributed by atoms with E-state index in [0.717, 1.165) is 18.7 Å². The van der Waals surface area contributed by atoms with Crippen molar-refractivity contribution in [3.8, 4) is 0 Å². The van der Waals surface area contributed by atoms with Crippen molar-refractivity contribution in [3.05, 3.63) is 34.9 Å². The predicted molar refractivity (Wildman–Crippen MR) is 82.0 cm³/mol. The minimum atomic E-state index is 0.197. The van der Waals surface area contributed by atoms with E-state index in [1.54, 1.807) is 0 Å². The summed E-state index contributed by atoms with van der Waals surface area (Å²) in [6.45, 7) is 10.9. The summed E-state index contributed by atoms with van der Waals surface area (Å²) in [6, 6.07) is 6.29. The van der Waals surface area contributed by atoms with Crippen molar-refractivity contribution < 1.29 is 4.79 Å². The van der Waals surface area contributed by atoms with Crippen molar-refractivity contribution in [2.75, 3.05) is 6.54 Å². The van der Waals surface area contributed by atoms with Gasteiger partial charge in [-0.1, -0.05) is 39.0 Å². The zero-order chi connectivity index (χ0) is 14.9. The van der Waals surface area contributed by atoms with Gasteiger partial charge in [-0.2, -0.15) is 0 Å². The van der Waals surface area contributed by atoms with E-state index >= 15 is 0 Å². The normalized spacial score (nSPS) is 19.8. The molecule has 0 bridgehead atoms. The van der Waals surface area contributed by atoms with Gasteiger partial charge in [0.15, 0.2) is 0 Å². The molecule has 1 aromatic rings. The summed E-state index contributed by atoms with van der Waals surface area (Å²) in [5.41, 5.74) is 9.45. The second-order valence-corrected chi connectivity index (χ2v) is 7.01. The van der Waals surface area contributed by atoms with Crippen LogP contribution in [0.5, 0.6) is 0 Å². The molecule has 0 aromatic heterocycles. The molecule has 2 N–H and O–H groups in total. The Balaban J connectivity index is 2.09. The first-order valence-corrected chi connectivity index (χ1v) is 7.37. The lowest BCUT2D eigenvalue weighted by molar-refractivity contribution is -0.128. The number of rotatable bonds is 3. The second-order valence-electron chi connectivity index (χ2n) is 7.01. The largest absolute Gasteiger partial charge is 0.338 e. The maximum atomic E-state index is 12.2. The van der Waals surface area contributed by atoms with Crippen LogP contribution in [0.4, 0.5) is 0 Å². The van der Waals surface area contributed by atoms with Gasteiger partial charge in [0.2, 0.25) is 5.91 Å². The highest BCUT2D eigenvalue weighted by Crippen LogP contribution is 2.35. The van der Waals surface area contributed by atoms with Crippen LogP contribution < -0.4 is 5.73 Å². The Labute approximate surface area is 122 Å². The van der Waals surface area contributed by atoms with Gasteiger partial charge in [-0.3, -0.25) is 4.79 Å². The summed E-state index contributed by atoms with van der Waals surface area (Å²) in [5.74, 6) is 0.742. The molecule has 1 fully saturated rings. The van der Waals surface area contributed by atoms with Crippen LogP contribution in [0.15, 0.2) is 18.2 Å². The van der Waals surface area contributed by atoms with Crippen molar-refractivity contribution in [2.45, 2.75) is 47.2 Å². The van der Waals surface area contributed by atoms with Crippen molar-refractivity contribution in [3.63, 3.8) is 0 Å². The molecule has 0 saturated carbocycles. The van der Waals surface area contributed by atoms with Crippen LogP contribution in [0.2, 0.25) is 0 Å². The maximum absolute atomic E-state index is 12.2. The Hall–Kier alpha value is -1.35. The smallest absolute Gasteiger partial charge is 0.223 e. The van der Waals surface area contributed by atoms with Crippen molar-refractivity contribution in [1.82, 2.24) is 4.90 Å². The number of hydrogen-bond acceptors (Lipinski definition) is 2. The van der Waals surface area contributed by atoms with E-state index in [4.69, 9.17) is 5.73 Å². The Morgan fingerprint density at radius 2 is 2.05 bits per heavy atom. The summed E-state index contributed by atoms with van der Waals surface area (Å²) in [6.07, 6.45) is 0.684. The van der Waals surface area contributed by atoms with Crippen molar-refractivity contribution in [2.24, 2.45) is 17.1 Å². The van der Waals surface area contributed by atoms with E-state index in [1.807, 2.05) is 4.90 Å². The minimum absolute atomic E-state index is 0.197. The third kappa shape index (κ3) is 3.21. The van der Waals surface area contributed by atoms with Crippen LogP contribution in [-0.4, -0.2) is 17.4 Å². The molecule has 1 amide bonds. The SMILES string of the molecule is Cc1cc(CN)ccc1CN1CC(C(C)(C)C)CC1=O. The Bertz CT molecular complexity index is 502. The summed E-state index contributed by atoms with van der Waals surface area (Å²) >= 11 is 0. The third-order valence-corrected chi connectivity index (χ3v) is 4.44. The molecule has 1 unspecified atom stereocenters. The van der Waals surface area contributed by atoms with Crippen LogP contribution in [-0.2, 0) is 17.9 Å². The van der Waals surface area contributed by atoms with Gasteiger partial charge in [0.25, 0.3) is 0 Å². The fraction of sp³-hybridized carbons (Fsp3) is 0.588. The molecule has 1 saturated heterocycles. The van der Waals surface area contributed by atoms with Gasteiger partial charge in [-0.15, -0.1) is 0 Å². The van der Waals surface area contributed by atoms with Crippen LogP contribution in [0.3, 0.4) is 0 Å². The molecule has 0 radical (unpaired) electrons. The molecular weight excluding hydrogens is 248 g/mol. The number of hydrogen-bond donors (Lipinski definition) is 1. The van der Waals surface area contributed by atoms with Gasteiger partial charge < -0.3 is 10.6 Å². The molecular formula is C17H26N2O. The number of carbonyl (C=O) groups excluding carboxylic acids is 1. The van der Waals surface area contributed by atoms with Gasteiger partial charge in [0.05, 0.1) is 0 Å². The standard InChI is InChI=1S/C17H26N2O/c1-12-7-13(9-18)5-6-14(12)10-19-11-15(8-16(19)20)17(2,3)4/h5-7,15H,8-11,18H2,1-4H3. The molecule has 2 rings (SSSR count). The Morgan fingerprint density at radius 1 is 1.35 bits per heavy atom. The van der Waals surface area contributed by atoms with E-state index in [0.29, 0.717) is 18.9 Å². The average molecular weight is 274 g/mol. The average Bonchev–Trinajstić information content (AvgIpc) is 2.73. The number of amides is 1. The topological polar surface area (TPSA) is 46.3 Å². The molecule has 1 aliphatic heterocycles. The lowest BCUT2D eigenvalue weighted by Gasteiger charge is -2.26. The van der Waals surface area contributed by atoms with Crippen LogP contribution >= 0.6 is 0 Å². The predicted octanol–water partition coefficient (Wildman–Crippen LogP) is 2.85. The maximum Gasteiger partial charge on any atom is 0.223 e. The number of likely N-dealkylation sites (tertiary alicyclic amines) is 1. The molecule has 1 aromatic carbocycles. The monoisotopic (exact) mass is 274 g/mol. The highest BCUT2D eigenvalue weighted by molar-refractivity contribution is 5.78. The van der Waals surface area contributed by atoms with E-state index in [9.17, 15) is 4.79 Å². The minimum Gasteiger partial charge on any atom is -0.338 e. The van der Waals surface area contributed by atoms with E-state index < -0.39 is 0 Å². The van der Waals surface area contributed by atoms with Crippen LogP contribution in [0.1, 0.15) is 43.9 Å². The molecule has 110 valence electrons. The third-order valence-electron chi connectivity index (χ3n) is 4.44. The van der Waals surface area contributed by atoms with Gasteiger partial charge >= 0.3 is 0 Å². The number of benzene rings is 1. The fourth-order valence-corrected chi connectivity index (χ4v) is 2.77. The first-order chi connectivity index (χ1) is 9.31. The van der Waals surface area contributed by atoms with Gasteiger partial charge in [0.1, 0.15) is 0 Å². The summed E-state index contributed by atoms with van der Waals surface area (Å²) in [5, 5.41) is 0. The number of nitrogens with zero attached hydrogens (tertiary/aromatic N) is 1. The van der Waals surface area contributed by atoms with Crippen LogP contribution in [0, 0.1) is 18.3 Å². The Kier molecular flexibility index (Phi) is 4.19. The molecule has 20 heavy (non-hydrogen) atoms. The molecule has 1 atom stereocenters. The van der Waals surface area contributed by atoms with Gasteiger partial charge in [-0.05, 0) is 34.9 Å². The molecule has 1 aliphatic rings. The first-order valence-electron chi connectivity index (χ1n) is 7.37. The first kappa shape index (κ1) is 15.0. The zero-order valence-corrected chi connectivity index (χ0v) is 13.1. The quantitative estimate of drug-likeness (QED) is 0.921. The number of nitrogens with two attached hydrogens (primary N) is 1. The zero-order valence-electron chi connectivity index (χ0n) is 13.1. The second kappa shape index (κ2) is 5.57. The number of aryl methyl sites for hydroxylation is 1. The summed E-state index contributed by atoms with van der Waals surface area (Å²) in [7, 11) is 0. The van der Waals surface area contributed by atoms with Gasteiger partial charge in [0, 0.05) is 26.1 Å². The highest BCUT2D eigenvalue weighted by Gasteiger charge is 2.36. The molecule has 1 heterocycles. The molecule has 3 nitrogen and oxygen atoms in total. The lowest BCUT2D eigenvalue weighted by Crippen LogP contribution is -2.27. The summed E-state index contributed by atoms with van der Waals surface area (Å²) < 4.78 is 0. The van der Waals surface area contributed by atoms with Crippen LogP contribution in [0.25, 0.3) is 0 Å². The number of carbonyl (C=O) groups is 1. The lowest BCUT2D eigenvalue weighted by atomic mass is 9.80. The molecule has 0 spiro atoms. The van der Waals surface area contributed by atoms with Gasteiger partial charge in [-0.25, -0.2) is 0 Å². The Morgan fingerprint density at radius 3 is 2.55 bits per heavy atom. The molecule has 0 aliphatic carbocycles. The van der Waals surface area contributed by atoms with E-state index in [-0.39, 0.29) is 11.3 Å². The fourth-order valence-electron chi connectivity index (χ4n) is 2.77. The summed E-state index contributed by atoms with van der Waals surface area (Å²) in [4.78, 5) is 14.2.